The Morgan fingerprint density at radius 1 is 1.33 bits per heavy atom. The second-order valence-electron chi connectivity index (χ2n) is 2.54. The number of hydrogen-bond acceptors (Lipinski definition) is 2. The van der Waals surface area contributed by atoms with Gasteiger partial charge in [0.15, 0.2) is 0 Å². The maximum atomic E-state index is 9.39. The molecule has 1 aromatic rings. The van der Waals surface area contributed by atoms with Gasteiger partial charge in [0.25, 0.3) is 0 Å². The number of aromatic hydroxyl groups is 1. The largest absolute Gasteiger partial charge is 0.508 e. The SMILES string of the molecule is CC/C=C(\O)c1ccc(O)cc1. The summed E-state index contributed by atoms with van der Waals surface area (Å²) in [5.41, 5.74) is 0.731. The van der Waals surface area contributed by atoms with Crippen LogP contribution in [0.15, 0.2) is 30.3 Å². The van der Waals surface area contributed by atoms with Gasteiger partial charge in [-0.3, -0.25) is 0 Å². The Morgan fingerprint density at radius 3 is 2.42 bits per heavy atom. The molecule has 0 saturated carbocycles. The molecular weight excluding hydrogens is 152 g/mol. The van der Waals surface area contributed by atoms with E-state index in [1.54, 1.807) is 30.3 Å². The van der Waals surface area contributed by atoms with Crippen molar-refractivity contribution in [3.05, 3.63) is 35.9 Å². The van der Waals surface area contributed by atoms with Crippen LogP contribution in [0.25, 0.3) is 5.76 Å². The summed E-state index contributed by atoms with van der Waals surface area (Å²) in [5, 5.41) is 18.4. The second-order valence-corrected chi connectivity index (χ2v) is 2.54. The highest BCUT2D eigenvalue weighted by Gasteiger charge is 1.96. The van der Waals surface area contributed by atoms with Gasteiger partial charge in [-0.25, -0.2) is 0 Å². The molecule has 0 aromatic heterocycles. The normalized spacial score (nSPS) is 11.6. The van der Waals surface area contributed by atoms with Crippen molar-refractivity contribution in [2.75, 3.05) is 0 Å². The zero-order valence-electron chi connectivity index (χ0n) is 6.99. The van der Waals surface area contributed by atoms with Crippen molar-refractivity contribution in [3.63, 3.8) is 0 Å². The molecule has 0 saturated heterocycles. The first kappa shape index (κ1) is 8.65. The molecule has 0 spiro atoms. The molecule has 64 valence electrons. The predicted octanol–water partition coefficient (Wildman–Crippen LogP) is 2.70. The number of rotatable bonds is 2. The fourth-order valence-corrected chi connectivity index (χ4v) is 0.943. The topological polar surface area (TPSA) is 40.5 Å². The minimum absolute atomic E-state index is 0.211. The van der Waals surface area contributed by atoms with Gasteiger partial charge < -0.3 is 10.2 Å². The molecule has 0 amide bonds. The van der Waals surface area contributed by atoms with Crippen molar-refractivity contribution in [2.45, 2.75) is 13.3 Å². The van der Waals surface area contributed by atoms with Crippen molar-refractivity contribution >= 4 is 5.76 Å². The molecule has 0 aliphatic carbocycles. The molecule has 2 heteroatoms. The summed E-state index contributed by atoms with van der Waals surface area (Å²) < 4.78 is 0. The van der Waals surface area contributed by atoms with Gasteiger partial charge in [-0.15, -0.1) is 0 Å². The molecule has 0 unspecified atom stereocenters. The summed E-state index contributed by atoms with van der Waals surface area (Å²) in [7, 11) is 0. The highest BCUT2D eigenvalue weighted by molar-refractivity contribution is 5.58. The highest BCUT2D eigenvalue weighted by atomic mass is 16.3. The molecule has 0 aliphatic rings. The molecule has 2 N–H and O–H groups in total. The third-order valence-electron chi connectivity index (χ3n) is 1.56. The first-order valence-electron chi connectivity index (χ1n) is 3.92. The first-order chi connectivity index (χ1) is 5.74. The van der Waals surface area contributed by atoms with Crippen LogP contribution in [0.4, 0.5) is 0 Å². The van der Waals surface area contributed by atoms with E-state index in [0.717, 1.165) is 12.0 Å². The lowest BCUT2D eigenvalue weighted by Crippen LogP contribution is -1.80. The lowest BCUT2D eigenvalue weighted by atomic mass is 10.1. The fourth-order valence-electron chi connectivity index (χ4n) is 0.943. The average molecular weight is 164 g/mol. The molecule has 0 aliphatic heterocycles. The molecule has 0 atom stereocenters. The summed E-state index contributed by atoms with van der Waals surface area (Å²) in [4.78, 5) is 0. The van der Waals surface area contributed by atoms with Crippen LogP contribution in [0.1, 0.15) is 18.9 Å². The van der Waals surface area contributed by atoms with Crippen LogP contribution < -0.4 is 0 Å². The maximum Gasteiger partial charge on any atom is 0.118 e. The molecule has 0 bridgehead atoms. The monoisotopic (exact) mass is 164 g/mol. The molecule has 0 radical (unpaired) electrons. The first-order valence-corrected chi connectivity index (χ1v) is 3.92. The lowest BCUT2D eigenvalue weighted by molar-refractivity contribution is 0.474. The zero-order valence-corrected chi connectivity index (χ0v) is 6.99. The summed E-state index contributed by atoms with van der Waals surface area (Å²) in [6.45, 7) is 1.95. The molecule has 0 heterocycles. The van der Waals surface area contributed by atoms with Crippen LogP contribution in [-0.4, -0.2) is 10.2 Å². The van der Waals surface area contributed by atoms with Gasteiger partial charge in [-0.2, -0.15) is 0 Å². The van der Waals surface area contributed by atoms with Crippen molar-refractivity contribution in [2.24, 2.45) is 0 Å². The van der Waals surface area contributed by atoms with Crippen LogP contribution in [0, 0.1) is 0 Å². The Hall–Kier alpha value is -1.44. The molecular formula is C10H12O2. The van der Waals surface area contributed by atoms with E-state index in [1.807, 2.05) is 6.92 Å². The van der Waals surface area contributed by atoms with Crippen LogP contribution in [0.3, 0.4) is 0 Å². The number of aliphatic hydroxyl groups excluding tert-OH is 1. The molecule has 0 fully saturated rings. The summed E-state index contributed by atoms with van der Waals surface area (Å²) in [6, 6.07) is 6.46. The summed E-state index contributed by atoms with van der Waals surface area (Å²) >= 11 is 0. The van der Waals surface area contributed by atoms with E-state index in [-0.39, 0.29) is 11.5 Å². The number of phenolic OH excluding ortho intramolecular Hbond substituents is 1. The van der Waals surface area contributed by atoms with E-state index in [4.69, 9.17) is 5.11 Å². The Labute approximate surface area is 71.8 Å². The van der Waals surface area contributed by atoms with E-state index < -0.39 is 0 Å². The lowest BCUT2D eigenvalue weighted by Gasteiger charge is -1.99. The van der Waals surface area contributed by atoms with Gasteiger partial charge in [0.1, 0.15) is 11.5 Å². The number of allylic oxidation sites excluding steroid dienone is 1. The number of aliphatic hydroxyl groups is 1. The summed E-state index contributed by atoms with van der Waals surface area (Å²) in [6.07, 6.45) is 2.53. The highest BCUT2D eigenvalue weighted by Crippen LogP contribution is 2.15. The Kier molecular flexibility index (Phi) is 2.75. The Bertz CT molecular complexity index is 272. The van der Waals surface area contributed by atoms with E-state index >= 15 is 0 Å². The number of phenols is 1. The van der Waals surface area contributed by atoms with E-state index in [9.17, 15) is 5.11 Å². The standard InChI is InChI=1S/C10H12O2/c1-2-3-10(12)8-4-6-9(11)7-5-8/h3-7,11-12H,2H2,1H3/b10-3-. The van der Waals surface area contributed by atoms with Gasteiger partial charge >= 0.3 is 0 Å². The zero-order chi connectivity index (χ0) is 8.97. The third-order valence-corrected chi connectivity index (χ3v) is 1.56. The van der Waals surface area contributed by atoms with Crippen LogP contribution >= 0.6 is 0 Å². The third kappa shape index (κ3) is 2.02. The van der Waals surface area contributed by atoms with Gasteiger partial charge in [-0.05, 0) is 36.8 Å². The van der Waals surface area contributed by atoms with Crippen molar-refractivity contribution in [1.29, 1.82) is 0 Å². The van der Waals surface area contributed by atoms with Gasteiger partial charge in [0.2, 0.25) is 0 Å². The minimum atomic E-state index is 0.211. The van der Waals surface area contributed by atoms with Crippen molar-refractivity contribution in [1.82, 2.24) is 0 Å². The Morgan fingerprint density at radius 2 is 1.92 bits per heavy atom. The Balaban J connectivity index is 2.89. The number of benzene rings is 1. The van der Waals surface area contributed by atoms with Crippen LogP contribution in [-0.2, 0) is 0 Å². The second kappa shape index (κ2) is 3.81. The molecule has 2 nitrogen and oxygen atoms in total. The minimum Gasteiger partial charge on any atom is -0.508 e. The number of hydrogen-bond donors (Lipinski definition) is 2. The molecule has 1 aromatic carbocycles. The molecule has 1 rings (SSSR count). The van der Waals surface area contributed by atoms with E-state index in [1.165, 1.54) is 0 Å². The van der Waals surface area contributed by atoms with E-state index in [0.29, 0.717) is 0 Å². The van der Waals surface area contributed by atoms with Crippen molar-refractivity contribution < 1.29 is 10.2 Å². The van der Waals surface area contributed by atoms with E-state index in [2.05, 4.69) is 0 Å². The maximum absolute atomic E-state index is 9.39. The van der Waals surface area contributed by atoms with Crippen molar-refractivity contribution in [3.8, 4) is 5.75 Å². The molecule has 12 heavy (non-hydrogen) atoms. The van der Waals surface area contributed by atoms with Crippen LogP contribution in [0.5, 0.6) is 5.75 Å². The average Bonchev–Trinajstić information content (AvgIpc) is 2.06. The smallest absolute Gasteiger partial charge is 0.118 e. The quantitative estimate of drug-likeness (QED) is 0.660. The van der Waals surface area contributed by atoms with Gasteiger partial charge in [-0.1, -0.05) is 6.92 Å². The predicted molar refractivity (Wildman–Crippen MR) is 49.0 cm³/mol. The van der Waals surface area contributed by atoms with Gasteiger partial charge in [0.05, 0.1) is 0 Å². The van der Waals surface area contributed by atoms with Gasteiger partial charge in [0, 0.05) is 5.56 Å². The fraction of sp³-hybridized carbons (Fsp3) is 0.200. The van der Waals surface area contributed by atoms with Crippen LogP contribution in [0.2, 0.25) is 0 Å². The summed E-state index contributed by atoms with van der Waals surface area (Å²) in [5.74, 6) is 0.473.